The molecule has 34 heavy (non-hydrogen) atoms. The Hall–Kier alpha value is -3.35. The predicted octanol–water partition coefficient (Wildman–Crippen LogP) is 6.75. The van der Waals surface area contributed by atoms with Crippen LogP contribution >= 0.6 is 27.5 Å². The van der Waals surface area contributed by atoms with Crippen LogP contribution in [0.1, 0.15) is 18.1 Å². The lowest BCUT2D eigenvalue weighted by Gasteiger charge is -2.14. The van der Waals surface area contributed by atoms with E-state index in [0.717, 1.165) is 26.4 Å². The number of hydrogen-bond donors (Lipinski definition) is 1. The number of benzene rings is 4. The molecule has 0 saturated carbocycles. The van der Waals surface area contributed by atoms with Crippen LogP contribution in [0.2, 0.25) is 5.02 Å². The first kappa shape index (κ1) is 23.8. The molecule has 1 N–H and O–H groups in total. The Labute approximate surface area is 211 Å². The highest BCUT2D eigenvalue weighted by atomic mass is 79.9. The Morgan fingerprint density at radius 2 is 1.88 bits per heavy atom. The van der Waals surface area contributed by atoms with E-state index in [1.54, 1.807) is 37.4 Å². The van der Waals surface area contributed by atoms with Gasteiger partial charge >= 0.3 is 0 Å². The van der Waals surface area contributed by atoms with Gasteiger partial charge in [-0.2, -0.15) is 5.10 Å². The van der Waals surface area contributed by atoms with Crippen molar-refractivity contribution in [3.63, 3.8) is 0 Å². The van der Waals surface area contributed by atoms with Gasteiger partial charge in [-0.25, -0.2) is 5.43 Å². The second-order valence-electron chi connectivity index (χ2n) is 7.57. The summed E-state index contributed by atoms with van der Waals surface area (Å²) < 4.78 is 12.8. The number of ether oxygens (including phenoxy) is 2. The topological polar surface area (TPSA) is 59.9 Å². The normalized spacial score (nSPS) is 12.0. The molecule has 0 aliphatic heterocycles. The number of nitrogens with one attached hydrogen (secondary N) is 1. The highest BCUT2D eigenvalue weighted by molar-refractivity contribution is 9.10. The zero-order valence-electron chi connectivity index (χ0n) is 18.4. The number of amides is 1. The van der Waals surface area contributed by atoms with E-state index in [4.69, 9.17) is 21.1 Å². The molecule has 0 heterocycles. The van der Waals surface area contributed by atoms with Crippen LogP contribution in [-0.2, 0) is 11.4 Å². The number of carbonyl (C=O) groups is 1. The summed E-state index contributed by atoms with van der Waals surface area (Å²) in [5, 5.41) is 6.73. The monoisotopic (exact) mass is 536 g/mol. The van der Waals surface area contributed by atoms with Gasteiger partial charge in [-0.3, -0.25) is 4.79 Å². The molecule has 172 valence electrons. The number of nitrogens with zero attached hydrogens (tertiary/aromatic N) is 1. The molecule has 0 fully saturated rings. The Morgan fingerprint density at radius 1 is 1.06 bits per heavy atom. The molecule has 0 bridgehead atoms. The van der Waals surface area contributed by atoms with Crippen molar-refractivity contribution in [1.29, 1.82) is 0 Å². The maximum absolute atomic E-state index is 12.5. The summed E-state index contributed by atoms with van der Waals surface area (Å²) in [5.74, 6) is 0.796. The first-order valence-electron chi connectivity index (χ1n) is 10.6. The molecule has 4 aromatic carbocycles. The molecule has 0 aliphatic carbocycles. The van der Waals surface area contributed by atoms with Crippen LogP contribution in [-0.4, -0.2) is 18.2 Å². The van der Waals surface area contributed by atoms with Crippen molar-refractivity contribution in [2.45, 2.75) is 19.6 Å². The van der Waals surface area contributed by atoms with Gasteiger partial charge in [0.2, 0.25) is 0 Å². The Balaban J connectivity index is 1.50. The van der Waals surface area contributed by atoms with Crippen LogP contribution in [0, 0.1) is 0 Å². The van der Waals surface area contributed by atoms with Crippen LogP contribution in [0.15, 0.2) is 94.5 Å². The Kier molecular flexibility index (Phi) is 7.83. The standard InChI is InChI=1S/C27H22BrClN2O3/c1-18(34-23-10-5-9-22(29)15-23)27(32)31-30-16-25-24-11-3-2-7-20(24)12-13-26(25)33-17-19-6-4-8-21(28)14-19/h2-16,18H,17H2,1H3,(H,31,32)/b30-16-/t18-/m1/s1. The van der Waals surface area contributed by atoms with Gasteiger partial charge in [0.1, 0.15) is 18.1 Å². The third-order valence-corrected chi connectivity index (χ3v) is 5.79. The molecular formula is C27H22BrClN2O3. The Morgan fingerprint density at radius 3 is 2.71 bits per heavy atom. The second-order valence-corrected chi connectivity index (χ2v) is 8.92. The molecule has 5 nitrogen and oxygen atoms in total. The molecule has 1 amide bonds. The molecule has 7 heteroatoms. The van der Waals surface area contributed by atoms with Gasteiger partial charge in [0.15, 0.2) is 6.10 Å². The van der Waals surface area contributed by atoms with Crippen LogP contribution in [0.3, 0.4) is 0 Å². The average Bonchev–Trinajstić information content (AvgIpc) is 2.83. The molecule has 0 radical (unpaired) electrons. The predicted molar refractivity (Wildman–Crippen MR) is 140 cm³/mol. The van der Waals surface area contributed by atoms with E-state index in [1.165, 1.54) is 0 Å². The minimum absolute atomic E-state index is 0.381. The zero-order chi connectivity index (χ0) is 23.9. The molecule has 0 aromatic heterocycles. The summed E-state index contributed by atoms with van der Waals surface area (Å²) in [6.45, 7) is 2.05. The molecular weight excluding hydrogens is 516 g/mol. The van der Waals surface area contributed by atoms with E-state index in [-0.39, 0.29) is 5.91 Å². The molecule has 0 aliphatic rings. The van der Waals surface area contributed by atoms with Gasteiger partial charge in [-0.15, -0.1) is 0 Å². The smallest absolute Gasteiger partial charge is 0.280 e. The van der Waals surface area contributed by atoms with Crippen molar-refractivity contribution in [2.24, 2.45) is 5.10 Å². The van der Waals surface area contributed by atoms with Crippen molar-refractivity contribution in [3.8, 4) is 11.5 Å². The van der Waals surface area contributed by atoms with Crippen molar-refractivity contribution >= 4 is 50.4 Å². The van der Waals surface area contributed by atoms with Gasteiger partial charge in [0.25, 0.3) is 5.91 Å². The summed E-state index contributed by atoms with van der Waals surface area (Å²) in [6.07, 6.45) is 0.846. The van der Waals surface area contributed by atoms with Crippen molar-refractivity contribution in [2.75, 3.05) is 0 Å². The molecule has 4 rings (SSSR count). The third kappa shape index (κ3) is 6.16. The number of hydrogen-bond acceptors (Lipinski definition) is 4. The molecule has 4 aromatic rings. The molecule has 0 saturated heterocycles. The average molecular weight is 538 g/mol. The van der Waals surface area contributed by atoms with E-state index in [1.807, 2.05) is 60.7 Å². The minimum Gasteiger partial charge on any atom is -0.488 e. The summed E-state index contributed by atoms with van der Waals surface area (Å²) in [7, 11) is 0. The summed E-state index contributed by atoms with van der Waals surface area (Å²) in [6, 6.07) is 26.7. The lowest BCUT2D eigenvalue weighted by atomic mass is 10.0. The van der Waals surface area contributed by atoms with E-state index in [9.17, 15) is 4.79 Å². The molecule has 1 atom stereocenters. The van der Waals surface area contributed by atoms with E-state index >= 15 is 0 Å². The van der Waals surface area contributed by atoms with Gasteiger partial charge in [-0.1, -0.05) is 76.1 Å². The number of hydrazone groups is 1. The second kappa shape index (κ2) is 11.2. The quantitative estimate of drug-likeness (QED) is 0.200. The zero-order valence-corrected chi connectivity index (χ0v) is 20.7. The highest BCUT2D eigenvalue weighted by Crippen LogP contribution is 2.28. The van der Waals surface area contributed by atoms with Crippen molar-refractivity contribution in [1.82, 2.24) is 5.43 Å². The SMILES string of the molecule is C[C@@H](Oc1cccc(Cl)c1)C(=O)N/N=C\c1c(OCc2cccc(Br)c2)ccc2ccccc12. The first-order valence-corrected chi connectivity index (χ1v) is 11.8. The van der Waals surface area contributed by atoms with Crippen LogP contribution in [0.4, 0.5) is 0 Å². The Bertz CT molecular complexity index is 1340. The van der Waals surface area contributed by atoms with Crippen molar-refractivity contribution < 1.29 is 14.3 Å². The minimum atomic E-state index is -0.754. The maximum atomic E-state index is 12.5. The van der Waals surface area contributed by atoms with E-state index in [0.29, 0.717) is 23.1 Å². The van der Waals surface area contributed by atoms with Crippen molar-refractivity contribution in [3.05, 3.63) is 106 Å². The maximum Gasteiger partial charge on any atom is 0.280 e. The van der Waals surface area contributed by atoms with Crippen LogP contribution in [0.5, 0.6) is 11.5 Å². The number of carbonyl (C=O) groups excluding carboxylic acids is 1. The summed E-state index contributed by atoms with van der Waals surface area (Å²) in [5.41, 5.74) is 4.36. The first-order chi connectivity index (χ1) is 16.5. The van der Waals surface area contributed by atoms with E-state index in [2.05, 4.69) is 26.5 Å². The van der Waals surface area contributed by atoms with E-state index < -0.39 is 6.10 Å². The fourth-order valence-electron chi connectivity index (χ4n) is 3.37. The van der Waals surface area contributed by atoms with Gasteiger partial charge in [0, 0.05) is 15.1 Å². The van der Waals surface area contributed by atoms with Gasteiger partial charge in [-0.05, 0) is 59.7 Å². The van der Waals surface area contributed by atoms with Gasteiger partial charge in [0.05, 0.1) is 6.21 Å². The summed E-state index contributed by atoms with van der Waals surface area (Å²) >= 11 is 9.46. The third-order valence-electron chi connectivity index (χ3n) is 5.06. The van der Waals surface area contributed by atoms with Gasteiger partial charge < -0.3 is 9.47 Å². The fourth-order valence-corrected chi connectivity index (χ4v) is 4.00. The lowest BCUT2D eigenvalue weighted by molar-refractivity contribution is -0.127. The highest BCUT2D eigenvalue weighted by Gasteiger charge is 2.14. The largest absolute Gasteiger partial charge is 0.488 e. The number of halogens is 2. The number of fused-ring (bicyclic) bond motifs is 1. The number of rotatable bonds is 8. The molecule has 0 spiro atoms. The summed E-state index contributed by atoms with van der Waals surface area (Å²) in [4.78, 5) is 12.5. The molecule has 0 unspecified atom stereocenters. The van der Waals surface area contributed by atoms with Crippen LogP contribution in [0.25, 0.3) is 10.8 Å². The fraction of sp³-hybridized carbons (Fsp3) is 0.111. The lowest BCUT2D eigenvalue weighted by Crippen LogP contribution is -2.33. The van der Waals surface area contributed by atoms with Crippen LogP contribution < -0.4 is 14.9 Å².